The minimum absolute atomic E-state index is 0.0399. The van der Waals surface area contributed by atoms with Crippen molar-refractivity contribution >= 4 is 34.7 Å². The van der Waals surface area contributed by atoms with E-state index in [1.54, 1.807) is 7.11 Å². The molecule has 0 saturated carbocycles. The van der Waals surface area contributed by atoms with Gasteiger partial charge in [0.15, 0.2) is 10.9 Å². The monoisotopic (exact) mass is 386 g/mol. The molecule has 5 heteroatoms. The van der Waals surface area contributed by atoms with Gasteiger partial charge in [0.1, 0.15) is 5.75 Å². The number of nitrogens with one attached hydrogen (secondary N) is 1. The lowest BCUT2D eigenvalue weighted by atomic mass is 10.1. The number of fused-ring (bicyclic) bond motifs is 1. The van der Waals surface area contributed by atoms with Gasteiger partial charge in [-0.15, -0.1) is 0 Å². The minimum Gasteiger partial charge on any atom is -0.497 e. The molecule has 0 unspecified atom stereocenters. The van der Waals surface area contributed by atoms with E-state index in [-0.39, 0.29) is 5.78 Å². The lowest BCUT2D eigenvalue weighted by molar-refractivity contribution is 0.104. The van der Waals surface area contributed by atoms with E-state index in [2.05, 4.69) is 9.97 Å². The number of para-hydroxylation sites is 2. The molecule has 0 saturated heterocycles. The molecule has 0 fully saturated rings. The molecule has 0 aliphatic rings. The number of H-pyrrole nitrogens is 1. The second-order valence-electron chi connectivity index (χ2n) is 6.14. The third kappa shape index (κ3) is 4.00. The maximum atomic E-state index is 13.1. The molecule has 0 radical (unpaired) electrons. The Labute approximate surface area is 167 Å². The van der Waals surface area contributed by atoms with Gasteiger partial charge in [-0.25, -0.2) is 4.98 Å². The van der Waals surface area contributed by atoms with Gasteiger partial charge >= 0.3 is 0 Å². The summed E-state index contributed by atoms with van der Waals surface area (Å²) in [5.41, 5.74) is 3.39. The fourth-order valence-corrected chi connectivity index (χ4v) is 3.73. The number of rotatable bonds is 6. The molecule has 138 valence electrons. The molecule has 0 aliphatic carbocycles. The predicted octanol–water partition coefficient (Wildman–Crippen LogP) is 5.59. The Balaban J connectivity index is 1.71. The molecule has 0 bridgehead atoms. The summed E-state index contributed by atoms with van der Waals surface area (Å²) in [6, 6.07) is 24.7. The number of allylic oxidation sites excluding steroid dienone is 1. The first-order valence-corrected chi connectivity index (χ1v) is 9.63. The molecule has 0 amide bonds. The maximum absolute atomic E-state index is 13.1. The van der Waals surface area contributed by atoms with Crippen LogP contribution in [0.15, 0.2) is 88.9 Å². The average molecular weight is 386 g/mol. The van der Waals surface area contributed by atoms with Crippen molar-refractivity contribution in [3.63, 3.8) is 0 Å². The Morgan fingerprint density at radius 1 is 0.964 bits per heavy atom. The number of aromatic amines is 1. The summed E-state index contributed by atoms with van der Waals surface area (Å²) >= 11 is 1.34. The highest BCUT2D eigenvalue weighted by atomic mass is 32.2. The molecular formula is C23H18N2O2S. The number of carbonyl (C=O) groups is 1. The molecule has 3 aromatic carbocycles. The number of benzene rings is 3. The smallest absolute Gasteiger partial charge is 0.199 e. The molecule has 1 N–H and O–H groups in total. The third-order valence-electron chi connectivity index (χ3n) is 4.25. The summed E-state index contributed by atoms with van der Waals surface area (Å²) in [6.07, 6.45) is 1.88. The maximum Gasteiger partial charge on any atom is 0.199 e. The molecule has 4 aromatic rings. The molecule has 0 spiro atoms. The molecule has 0 aliphatic heterocycles. The Kier molecular flexibility index (Phi) is 5.26. The zero-order chi connectivity index (χ0) is 19.3. The molecule has 1 heterocycles. The fourth-order valence-electron chi connectivity index (χ4n) is 2.81. The van der Waals surface area contributed by atoms with E-state index < -0.39 is 0 Å². The van der Waals surface area contributed by atoms with Crippen molar-refractivity contribution < 1.29 is 9.53 Å². The number of carbonyl (C=O) groups excluding carboxylic acids is 1. The van der Waals surface area contributed by atoms with Crippen LogP contribution in [0.25, 0.3) is 17.1 Å². The highest BCUT2D eigenvalue weighted by Gasteiger charge is 2.16. The first kappa shape index (κ1) is 18.1. The van der Waals surface area contributed by atoms with Gasteiger partial charge in [0.05, 0.1) is 23.0 Å². The summed E-state index contributed by atoms with van der Waals surface area (Å²) < 4.78 is 5.21. The van der Waals surface area contributed by atoms with E-state index >= 15 is 0 Å². The molecule has 4 nitrogen and oxygen atoms in total. The molecule has 1 aromatic heterocycles. The van der Waals surface area contributed by atoms with Gasteiger partial charge in [-0.3, -0.25) is 4.79 Å². The van der Waals surface area contributed by atoms with Crippen molar-refractivity contribution in [1.82, 2.24) is 9.97 Å². The molecular weight excluding hydrogens is 368 g/mol. The van der Waals surface area contributed by atoms with Crippen molar-refractivity contribution in [3.8, 4) is 5.75 Å². The van der Waals surface area contributed by atoms with Crippen LogP contribution in [-0.4, -0.2) is 22.9 Å². The van der Waals surface area contributed by atoms with Crippen molar-refractivity contribution in [1.29, 1.82) is 0 Å². The number of hydrogen-bond acceptors (Lipinski definition) is 4. The SMILES string of the molecule is COc1ccc(/C=C(/Sc2nc3ccccc3[nH]2)C(=O)c2ccccc2)cc1. The quantitative estimate of drug-likeness (QED) is 0.267. The first-order chi connectivity index (χ1) is 13.7. The lowest BCUT2D eigenvalue weighted by Gasteiger charge is -2.06. The second kappa shape index (κ2) is 8.15. The second-order valence-corrected chi connectivity index (χ2v) is 7.17. The topological polar surface area (TPSA) is 55.0 Å². The summed E-state index contributed by atoms with van der Waals surface area (Å²) in [5.74, 6) is 0.736. The Morgan fingerprint density at radius 2 is 1.68 bits per heavy atom. The number of hydrogen-bond donors (Lipinski definition) is 1. The van der Waals surface area contributed by atoms with Crippen LogP contribution in [0.5, 0.6) is 5.75 Å². The summed E-state index contributed by atoms with van der Waals surface area (Å²) in [7, 11) is 1.63. The molecule has 28 heavy (non-hydrogen) atoms. The number of Topliss-reactive ketones (excluding diaryl/α,β-unsaturated/α-hetero) is 1. The number of thioether (sulfide) groups is 1. The van der Waals surface area contributed by atoms with Crippen LogP contribution in [0.2, 0.25) is 0 Å². The Bertz CT molecular complexity index is 1100. The number of ketones is 1. The van der Waals surface area contributed by atoms with Gasteiger partial charge < -0.3 is 9.72 Å². The van der Waals surface area contributed by atoms with Crippen LogP contribution in [0.1, 0.15) is 15.9 Å². The highest BCUT2D eigenvalue weighted by Crippen LogP contribution is 2.31. The standard InChI is InChI=1S/C23H18N2O2S/c1-27-18-13-11-16(12-14-18)15-21(22(26)17-7-3-2-4-8-17)28-23-24-19-9-5-6-10-20(19)25-23/h2-15H,1H3,(H,24,25)/b21-15+. The highest BCUT2D eigenvalue weighted by molar-refractivity contribution is 8.04. The minimum atomic E-state index is -0.0399. The van der Waals surface area contributed by atoms with E-state index in [0.29, 0.717) is 15.6 Å². The van der Waals surface area contributed by atoms with Crippen LogP contribution in [0.4, 0.5) is 0 Å². The van der Waals surface area contributed by atoms with Crippen LogP contribution in [-0.2, 0) is 0 Å². The third-order valence-corrected chi connectivity index (χ3v) is 5.16. The summed E-state index contributed by atoms with van der Waals surface area (Å²) in [4.78, 5) is 21.6. The van der Waals surface area contributed by atoms with Crippen LogP contribution < -0.4 is 4.74 Å². The van der Waals surface area contributed by atoms with E-state index in [1.807, 2.05) is 84.9 Å². The van der Waals surface area contributed by atoms with Crippen LogP contribution in [0, 0.1) is 0 Å². The Morgan fingerprint density at radius 3 is 2.39 bits per heavy atom. The molecule has 4 rings (SSSR count). The van der Waals surface area contributed by atoms with Crippen LogP contribution in [0.3, 0.4) is 0 Å². The van der Waals surface area contributed by atoms with E-state index in [1.165, 1.54) is 11.8 Å². The number of ether oxygens (including phenoxy) is 1. The lowest BCUT2D eigenvalue weighted by Crippen LogP contribution is -2.01. The van der Waals surface area contributed by atoms with Crippen LogP contribution >= 0.6 is 11.8 Å². The number of imidazole rings is 1. The van der Waals surface area contributed by atoms with Gasteiger partial charge in [0, 0.05) is 5.56 Å². The summed E-state index contributed by atoms with van der Waals surface area (Å²) in [6.45, 7) is 0. The van der Waals surface area contributed by atoms with E-state index in [4.69, 9.17) is 4.74 Å². The van der Waals surface area contributed by atoms with Gasteiger partial charge in [-0.1, -0.05) is 54.6 Å². The van der Waals surface area contributed by atoms with Crippen molar-refractivity contribution in [2.75, 3.05) is 7.11 Å². The zero-order valence-corrected chi connectivity index (χ0v) is 16.1. The van der Waals surface area contributed by atoms with Crippen molar-refractivity contribution in [3.05, 3.63) is 94.9 Å². The van der Waals surface area contributed by atoms with Gasteiger partial charge in [-0.2, -0.15) is 0 Å². The average Bonchev–Trinajstić information content (AvgIpc) is 3.16. The largest absolute Gasteiger partial charge is 0.497 e. The van der Waals surface area contributed by atoms with Gasteiger partial charge in [0.2, 0.25) is 0 Å². The van der Waals surface area contributed by atoms with E-state index in [0.717, 1.165) is 22.3 Å². The van der Waals surface area contributed by atoms with E-state index in [9.17, 15) is 4.79 Å². The zero-order valence-electron chi connectivity index (χ0n) is 15.3. The summed E-state index contributed by atoms with van der Waals surface area (Å²) in [5, 5.41) is 0.685. The Hall–Kier alpha value is -3.31. The van der Waals surface area contributed by atoms with Gasteiger partial charge in [-0.05, 0) is 47.7 Å². The number of methoxy groups -OCH3 is 1. The predicted molar refractivity (Wildman–Crippen MR) is 114 cm³/mol. The molecule has 0 atom stereocenters. The fraction of sp³-hybridized carbons (Fsp3) is 0.0435. The number of nitrogens with zero attached hydrogens (tertiary/aromatic N) is 1. The van der Waals surface area contributed by atoms with Crippen molar-refractivity contribution in [2.45, 2.75) is 5.16 Å². The van der Waals surface area contributed by atoms with Gasteiger partial charge in [0.25, 0.3) is 0 Å². The number of aromatic nitrogens is 2. The normalized spacial score (nSPS) is 11.5. The first-order valence-electron chi connectivity index (χ1n) is 8.81. The van der Waals surface area contributed by atoms with Crippen molar-refractivity contribution in [2.24, 2.45) is 0 Å².